The summed E-state index contributed by atoms with van der Waals surface area (Å²) in [4.78, 5) is 12.0. The van der Waals surface area contributed by atoms with Gasteiger partial charge in [0.25, 0.3) is 5.91 Å². The van der Waals surface area contributed by atoms with Crippen LogP contribution in [0, 0.1) is 0 Å². The summed E-state index contributed by atoms with van der Waals surface area (Å²) in [7, 11) is 0. The van der Waals surface area contributed by atoms with E-state index in [9.17, 15) is 9.90 Å². The Kier molecular flexibility index (Phi) is 3.79. The van der Waals surface area contributed by atoms with Crippen molar-refractivity contribution in [1.29, 1.82) is 0 Å². The van der Waals surface area contributed by atoms with Gasteiger partial charge in [-0.25, -0.2) is 0 Å². The molecule has 2 aromatic rings. The van der Waals surface area contributed by atoms with Crippen molar-refractivity contribution in [1.82, 2.24) is 5.32 Å². The van der Waals surface area contributed by atoms with Gasteiger partial charge in [-0.1, -0.05) is 12.1 Å². The molecule has 0 spiro atoms. The summed E-state index contributed by atoms with van der Waals surface area (Å²) in [5.74, 6) is 0.839. The highest BCUT2D eigenvalue weighted by molar-refractivity contribution is 5.81. The quantitative estimate of drug-likeness (QED) is 0.886. The van der Waals surface area contributed by atoms with Crippen LogP contribution in [0.1, 0.15) is 11.7 Å². The molecule has 0 bridgehead atoms. The van der Waals surface area contributed by atoms with Gasteiger partial charge < -0.3 is 24.3 Å². The summed E-state index contributed by atoms with van der Waals surface area (Å²) in [6, 6.07) is 8.82. The van der Waals surface area contributed by atoms with Gasteiger partial charge >= 0.3 is 0 Å². The van der Waals surface area contributed by atoms with Crippen LogP contribution in [0.25, 0.3) is 0 Å². The molecular formula is C15H15NO5. The van der Waals surface area contributed by atoms with Gasteiger partial charge in [0.1, 0.15) is 6.61 Å². The van der Waals surface area contributed by atoms with Gasteiger partial charge in [-0.15, -0.1) is 0 Å². The fourth-order valence-corrected chi connectivity index (χ4v) is 2.04. The van der Waals surface area contributed by atoms with E-state index in [0.29, 0.717) is 17.1 Å². The first-order valence-corrected chi connectivity index (χ1v) is 6.60. The third-order valence-electron chi connectivity index (χ3n) is 3.20. The molecule has 3 rings (SSSR count). The maximum Gasteiger partial charge on any atom is 0.264 e. The maximum atomic E-state index is 12.0. The van der Waals surface area contributed by atoms with Crippen LogP contribution in [0.15, 0.2) is 47.3 Å². The minimum Gasteiger partial charge on any atom is -0.485 e. The average Bonchev–Trinajstić information content (AvgIpc) is 3.06. The van der Waals surface area contributed by atoms with Gasteiger partial charge in [-0.2, -0.15) is 0 Å². The van der Waals surface area contributed by atoms with Crippen LogP contribution in [0.4, 0.5) is 0 Å². The number of nitrogens with one attached hydrogen (secondary N) is 1. The molecule has 0 saturated heterocycles. The summed E-state index contributed by atoms with van der Waals surface area (Å²) >= 11 is 0. The number of ether oxygens (including phenoxy) is 2. The Bertz CT molecular complexity index is 610. The molecule has 1 aliphatic rings. The van der Waals surface area contributed by atoms with E-state index in [1.165, 1.54) is 12.5 Å². The van der Waals surface area contributed by atoms with E-state index < -0.39 is 12.2 Å². The Morgan fingerprint density at radius 2 is 2.14 bits per heavy atom. The molecular weight excluding hydrogens is 274 g/mol. The molecule has 1 aliphatic heterocycles. The molecule has 1 amide bonds. The number of benzene rings is 1. The van der Waals surface area contributed by atoms with Crippen molar-refractivity contribution in [3.05, 3.63) is 48.4 Å². The molecule has 1 aromatic heterocycles. The Labute approximate surface area is 121 Å². The third kappa shape index (κ3) is 3.00. The predicted molar refractivity (Wildman–Crippen MR) is 73.0 cm³/mol. The third-order valence-corrected chi connectivity index (χ3v) is 3.20. The largest absolute Gasteiger partial charge is 0.485 e. The number of carbonyl (C=O) groups is 1. The number of fused-ring (bicyclic) bond motifs is 1. The highest BCUT2D eigenvalue weighted by atomic mass is 16.6. The van der Waals surface area contributed by atoms with Gasteiger partial charge in [-0.05, 0) is 18.2 Å². The second-order valence-electron chi connectivity index (χ2n) is 4.68. The first kappa shape index (κ1) is 13.5. The fraction of sp³-hybridized carbons (Fsp3) is 0.267. The molecule has 6 nitrogen and oxygen atoms in total. The molecule has 1 aromatic carbocycles. The van der Waals surface area contributed by atoms with Gasteiger partial charge in [0.2, 0.25) is 6.10 Å². The smallest absolute Gasteiger partial charge is 0.264 e. The molecule has 0 saturated carbocycles. The second kappa shape index (κ2) is 5.88. The molecule has 2 N–H and O–H groups in total. The Morgan fingerprint density at radius 1 is 1.33 bits per heavy atom. The minimum absolute atomic E-state index is 0.0832. The van der Waals surface area contributed by atoms with Crippen molar-refractivity contribution in [2.45, 2.75) is 12.2 Å². The van der Waals surface area contributed by atoms with Crippen molar-refractivity contribution in [3.63, 3.8) is 0 Å². The molecule has 6 heteroatoms. The van der Waals surface area contributed by atoms with Crippen LogP contribution in [0.2, 0.25) is 0 Å². The number of aliphatic hydroxyl groups is 1. The van der Waals surface area contributed by atoms with E-state index in [1.54, 1.807) is 18.2 Å². The number of carbonyl (C=O) groups excluding carboxylic acids is 1. The lowest BCUT2D eigenvalue weighted by atomic mass is 10.2. The molecule has 2 heterocycles. The van der Waals surface area contributed by atoms with Crippen LogP contribution >= 0.6 is 0 Å². The Morgan fingerprint density at radius 3 is 2.90 bits per heavy atom. The molecule has 2 unspecified atom stereocenters. The molecule has 21 heavy (non-hydrogen) atoms. The first-order chi connectivity index (χ1) is 10.2. The van der Waals surface area contributed by atoms with Crippen molar-refractivity contribution in [3.8, 4) is 11.5 Å². The van der Waals surface area contributed by atoms with E-state index in [1.807, 2.05) is 12.1 Å². The molecule has 0 radical (unpaired) electrons. The highest BCUT2D eigenvalue weighted by Gasteiger charge is 2.27. The number of amides is 1. The molecule has 110 valence electrons. The predicted octanol–water partition coefficient (Wildman–Crippen LogP) is 1.27. The maximum absolute atomic E-state index is 12.0. The number of hydrogen-bond donors (Lipinski definition) is 2. The molecule has 0 aliphatic carbocycles. The van der Waals surface area contributed by atoms with Crippen LogP contribution < -0.4 is 14.8 Å². The van der Waals surface area contributed by atoms with E-state index in [0.717, 1.165) is 0 Å². The molecule has 0 fully saturated rings. The zero-order valence-corrected chi connectivity index (χ0v) is 11.2. The number of rotatable bonds is 4. The van der Waals surface area contributed by atoms with Gasteiger partial charge in [0.05, 0.1) is 18.6 Å². The zero-order valence-electron chi connectivity index (χ0n) is 11.2. The van der Waals surface area contributed by atoms with Gasteiger partial charge in [0.15, 0.2) is 11.5 Å². The highest BCUT2D eigenvalue weighted by Crippen LogP contribution is 2.30. The topological polar surface area (TPSA) is 80.9 Å². The number of aliphatic hydroxyl groups excluding tert-OH is 1. The second-order valence-corrected chi connectivity index (χ2v) is 4.68. The Hall–Kier alpha value is -2.47. The minimum atomic E-state index is -0.815. The van der Waals surface area contributed by atoms with E-state index in [-0.39, 0.29) is 19.1 Å². The van der Waals surface area contributed by atoms with Gasteiger partial charge in [-0.3, -0.25) is 4.79 Å². The number of hydrogen-bond acceptors (Lipinski definition) is 5. The number of para-hydroxylation sites is 2. The summed E-state index contributed by atoms with van der Waals surface area (Å²) in [6.07, 6.45) is 1.36. The zero-order chi connectivity index (χ0) is 14.7. The summed E-state index contributed by atoms with van der Waals surface area (Å²) in [5, 5.41) is 12.5. The fourth-order valence-electron chi connectivity index (χ4n) is 2.04. The first-order valence-electron chi connectivity index (χ1n) is 6.60. The summed E-state index contributed by atoms with van der Waals surface area (Å²) in [6.45, 7) is 0.227. The normalized spacial score (nSPS) is 18.0. The van der Waals surface area contributed by atoms with Crippen molar-refractivity contribution < 1.29 is 23.8 Å². The lowest BCUT2D eigenvalue weighted by Crippen LogP contribution is -2.45. The van der Waals surface area contributed by atoms with Crippen LogP contribution in [-0.2, 0) is 4.79 Å². The lowest BCUT2D eigenvalue weighted by molar-refractivity contribution is -0.130. The monoisotopic (exact) mass is 289 g/mol. The Balaban J connectivity index is 1.55. The van der Waals surface area contributed by atoms with Crippen molar-refractivity contribution >= 4 is 5.91 Å². The SMILES string of the molecule is O=C(NCC(O)c1ccoc1)C1COc2ccccc2O1. The lowest BCUT2D eigenvalue weighted by Gasteiger charge is -2.25. The van der Waals surface area contributed by atoms with Crippen LogP contribution in [-0.4, -0.2) is 30.3 Å². The van der Waals surface area contributed by atoms with Crippen LogP contribution in [0.5, 0.6) is 11.5 Å². The van der Waals surface area contributed by atoms with Crippen molar-refractivity contribution in [2.24, 2.45) is 0 Å². The standard InChI is InChI=1S/C15H15NO5/c17-11(10-5-6-19-8-10)7-16-15(18)14-9-20-12-3-1-2-4-13(12)21-14/h1-6,8,11,14,17H,7,9H2,(H,16,18). The van der Waals surface area contributed by atoms with Gasteiger partial charge in [0, 0.05) is 12.1 Å². The van der Waals surface area contributed by atoms with E-state index in [2.05, 4.69) is 5.32 Å². The van der Waals surface area contributed by atoms with Crippen molar-refractivity contribution in [2.75, 3.05) is 13.2 Å². The van der Waals surface area contributed by atoms with Crippen LogP contribution in [0.3, 0.4) is 0 Å². The van der Waals surface area contributed by atoms with E-state index >= 15 is 0 Å². The molecule has 2 atom stereocenters. The summed E-state index contributed by atoms with van der Waals surface area (Å²) < 4.78 is 15.9. The van der Waals surface area contributed by atoms with E-state index in [4.69, 9.17) is 13.9 Å². The average molecular weight is 289 g/mol. The summed E-state index contributed by atoms with van der Waals surface area (Å²) in [5.41, 5.74) is 0.612. The number of furan rings is 1.